The summed E-state index contributed by atoms with van der Waals surface area (Å²) in [5, 5.41) is 7.88. The van der Waals surface area contributed by atoms with Gasteiger partial charge in [-0.1, -0.05) is 23.7 Å². The molecule has 31 heavy (non-hydrogen) atoms. The van der Waals surface area contributed by atoms with Gasteiger partial charge in [0.1, 0.15) is 0 Å². The zero-order valence-corrected chi connectivity index (χ0v) is 22.2. The minimum atomic E-state index is 0. The highest BCUT2D eigenvalue weighted by Crippen LogP contribution is 2.35. The van der Waals surface area contributed by atoms with Crippen LogP contribution in [0.2, 0.25) is 5.02 Å². The molecular weight excluding hydrogens is 525 g/mol. The number of guanidine groups is 1. The summed E-state index contributed by atoms with van der Waals surface area (Å²) >= 11 is 6.28. The standard InChI is InChI=1S/C23H38ClN5O.HI/c1-25-23(26-11-13-29(14-15-30-3)21-9-10-21)27-17-19-7-5-12-28(2)22(19)18-6-4-8-20(24)16-18;/h4,6,8,16,19,21-22H,5,7,9-15,17H2,1-3H3,(H2,25,26,27);1H. The third kappa shape index (κ3) is 8.35. The molecule has 3 rings (SSSR count). The number of benzene rings is 1. The lowest BCUT2D eigenvalue weighted by Gasteiger charge is -2.40. The Kier molecular flexibility index (Phi) is 11.9. The molecule has 2 fully saturated rings. The molecule has 0 spiro atoms. The van der Waals surface area contributed by atoms with Gasteiger partial charge in [-0.25, -0.2) is 0 Å². The van der Waals surface area contributed by atoms with E-state index in [-0.39, 0.29) is 24.0 Å². The second kappa shape index (κ2) is 13.8. The van der Waals surface area contributed by atoms with Crippen LogP contribution in [0.5, 0.6) is 0 Å². The Hall–Kier alpha value is -0.610. The first-order chi connectivity index (χ1) is 14.6. The molecule has 1 aliphatic carbocycles. The van der Waals surface area contributed by atoms with Crippen LogP contribution in [0.15, 0.2) is 29.3 Å². The average molecular weight is 564 g/mol. The number of rotatable bonds is 10. The number of hydrogen-bond donors (Lipinski definition) is 2. The van der Waals surface area contributed by atoms with Crippen molar-refractivity contribution in [1.29, 1.82) is 0 Å². The molecule has 1 aromatic carbocycles. The highest BCUT2D eigenvalue weighted by Gasteiger charge is 2.31. The molecule has 8 heteroatoms. The third-order valence-electron chi connectivity index (χ3n) is 6.29. The molecule has 0 aromatic heterocycles. The predicted molar refractivity (Wildman–Crippen MR) is 141 cm³/mol. The van der Waals surface area contributed by atoms with Gasteiger partial charge in [-0.05, 0) is 62.9 Å². The van der Waals surface area contributed by atoms with E-state index < -0.39 is 0 Å². The van der Waals surface area contributed by atoms with Crippen molar-refractivity contribution in [3.05, 3.63) is 34.9 Å². The van der Waals surface area contributed by atoms with Gasteiger partial charge in [-0.3, -0.25) is 14.8 Å². The maximum Gasteiger partial charge on any atom is 0.191 e. The molecule has 1 saturated carbocycles. The lowest BCUT2D eigenvalue weighted by atomic mass is 9.85. The van der Waals surface area contributed by atoms with E-state index in [0.29, 0.717) is 12.0 Å². The molecule has 1 heterocycles. The van der Waals surface area contributed by atoms with Crippen LogP contribution < -0.4 is 10.6 Å². The van der Waals surface area contributed by atoms with Crippen LogP contribution in [0.25, 0.3) is 0 Å². The van der Waals surface area contributed by atoms with Crippen molar-refractivity contribution < 1.29 is 4.74 Å². The quantitative estimate of drug-likeness (QED) is 0.259. The van der Waals surface area contributed by atoms with Gasteiger partial charge in [-0.2, -0.15) is 0 Å². The first-order valence-corrected chi connectivity index (χ1v) is 11.6. The van der Waals surface area contributed by atoms with Gasteiger partial charge >= 0.3 is 0 Å². The monoisotopic (exact) mass is 563 g/mol. The molecule has 0 amide bonds. The van der Waals surface area contributed by atoms with Crippen LogP contribution >= 0.6 is 35.6 Å². The Morgan fingerprint density at radius 2 is 2.06 bits per heavy atom. The van der Waals surface area contributed by atoms with Gasteiger partial charge in [0.25, 0.3) is 0 Å². The average Bonchev–Trinajstić information content (AvgIpc) is 3.58. The molecular formula is C23H39ClIN5O. The van der Waals surface area contributed by atoms with Crippen molar-refractivity contribution in [2.45, 2.75) is 37.8 Å². The minimum absolute atomic E-state index is 0. The van der Waals surface area contributed by atoms with Gasteiger partial charge < -0.3 is 15.4 Å². The number of likely N-dealkylation sites (tertiary alicyclic amines) is 1. The first-order valence-electron chi connectivity index (χ1n) is 11.3. The molecule has 2 atom stereocenters. The number of methoxy groups -OCH3 is 1. The summed E-state index contributed by atoms with van der Waals surface area (Å²) < 4.78 is 5.26. The molecule has 176 valence electrons. The summed E-state index contributed by atoms with van der Waals surface area (Å²) in [5.74, 6) is 1.40. The van der Waals surface area contributed by atoms with Gasteiger partial charge in [0.15, 0.2) is 5.96 Å². The van der Waals surface area contributed by atoms with Crippen molar-refractivity contribution in [2.24, 2.45) is 10.9 Å². The Bertz CT molecular complexity index is 688. The van der Waals surface area contributed by atoms with E-state index in [9.17, 15) is 0 Å². The number of nitrogens with zero attached hydrogens (tertiary/aromatic N) is 3. The number of piperidine rings is 1. The van der Waals surface area contributed by atoms with Crippen molar-refractivity contribution in [1.82, 2.24) is 20.4 Å². The number of aliphatic imine (C=N–C) groups is 1. The Balaban J connectivity index is 0.00000341. The SMILES string of the molecule is CN=C(NCCN(CCOC)C1CC1)NCC1CCCN(C)C1c1cccc(Cl)c1.I. The summed E-state index contributed by atoms with van der Waals surface area (Å²) in [4.78, 5) is 9.42. The minimum Gasteiger partial charge on any atom is -0.383 e. The summed E-state index contributed by atoms with van der Waals surface area (Å²) in [5.41, 5.74) is 1.30. The fourth-order valence-corrected chi connectivity index (χ4v) is 4.78. The number of nitrogens with one attached hydrogen (secondary N) is 2. The fraction of sp³-hybridized carbons (Fsp3) is 0.696. The fourth-order valence-electron chi connectivity index (χ4n) is 4.58. The number of hydrogen-bond acceptors (Lipinski definition) is 4. The normalized spacial score (nSPS) is 22.3. The van der Waals surface area contributed by atoms with Crippen LogP contribution in [-0.4, -0.2) is 82.3 Å². The zero-order valence-electron chi connectivity index (χ0n) is 19.1. The van der Waals surface area contributed by atoms with E-state index in [4.69, 9.17) is 16.3 Å². The zero-order chi connectivity index (χ0) is 21.3. The largest absolute Gasteiger partial charge is 0.383 e. The third-order valence-corrected chi connectivity index (χ3v) is 6.53. The van der Waals surface area contributed by atoms with Gasteiger partial charge in [0.2, 0.25) is 0 Å². The molecule has 2 N–H and O–H groups in total. The Labute approximate surface area is 210 Å². The molecule has 6 nitrogen and oxygen atoms in total. The van der Waals surface area contributed by atoms with Crippen LogP contribution in [0.1, 0.15) is 37.3 Å². The molecule has 1 saturated heterocycles. The van der Waals surface area contributed by atoms with E-state index in [0.717, 1.165) is 56.4 Å². The maximum atomic E-state index is 6.28. The summed E-state index contributed by atoms with van der Waals surface area (Å²) in [6, 6.07) is 9.44. The highest BCUT2D eigenvalue weighted by molar-refractivity contribution is 14.0. The lowest BCUT2D eigenvalue weighted by Crippen LogP contribution is -2.46. The van der Waals surface area contributed by atoms with E-state index >= 15 is 0 Å². The number of ether oxygens (including phenoxy) is 1. The summed E-state index contributed by atoms with van der Waals surface area (Å²) in [6.45, 7) is 5.73. The smallest absolute Gasteiger partial charge is 0.191 e. The maximum absolute atomic E-state index is 6.28. The van der Waals surface area contributed by atoms with Crippen LogP contribution in [-0.2, 0) is 4.74 Å². The van der Waals surface area contributed by atoms with Gasteiger partial charge in [0, 0.05) is 57.4 Å². The molecule has 0 bridgehead atoms. The Morgan fingerprint density at radius 3 is 2.74 bits per heavy atom. The molecule has 1 aliphatic heterocycles. The van der Waals surface area contributed by atoms with E-state index in [2.05, 4.69) is 50.7 Å². The second-order valence-electron chi connectivity index (χ2n) is 8.52. The highest BCUT2D eigenvalue weighted by atomic mass is 127. The molecule has 2 unspecified atom stereocenters. The molecule has 0 radical (unpaired) electrons. The van der Waals surface area contributed by atoms with Gasteiger partial charge in [-0.15, -0.1) is 24.0 Å². The van der Waals surface area contributed by atoms with Crippen molar-refractivity contribution >= 4 is 41.5 Å². The summed E-state index contributed by atoms with van der Waals surface area (Å²) in [6.07, 6.45) is 5.06. The summed E-state index contributed by atoms with van der Waals surface area (Å²) in [7, 11) is 5.84. The molecule has 1 aromatic rings. The van der Waals surface area contributed by atoms with E-state index in [1.165, 1.54) is 31.2 Å². The topological polar surface area (TPSA) is 52.1 Å². The molecule has 2 aliphatic rings. The lowest BCUT2D eigenvalue weighted by molar-refractivity contribution is 0.122. The van der Waals surface area contributed by atoms with Crippen LogP contribution in [0.4, 0.5) is 0 Å². The van der Waals surface area contributed by atoms with E-state index in [1.807, 2.05) is 13.1 Å². The first kappa shape index (κ1) is 26.6. The van der Waals surface area contributed by atoms with Gasteiger partial charge in [0.05, 0.1) is 6.61 Å². The number of halogens is 2. The Morgan fingerprint density at radius 1 is 1.26 bits per heavy atom. The van der Waals surface area contributed by atoms with Crippen molar-refractivity contribution in [2.75, 3.05) is 60.5 Å². The van der Waals surface area contributed by atoms with Crippen LogP contribution in [0.3, 0.4) is 0 Å². The predicted octanol–water partition coefficient (Wildman–Crippen LogP) is 3.62. The second-order valence-corrected chi connectivity index (χ2v) is 8.96. The van der Waals surface area contributed by atoms with Crippen molar-refractivity contribution in [3.8, 4) is 0 Å². The van der Waals surface area contributed by atoms with Crippen LogP contribution in [0, 0.1) is 5.92 Å². The van der Waals surface area contributed by atoms with E-state index in [1.54, 1.807) is 7.11 Å². The van der Waals surface area contributed by atoms with Crippen molar-refractivity contribution in [3.63, 3.8) is 0 Å².